The summed E-state index contributed by atoms with van der Waals surface area (Å²) in [5.74, 6) is -0.643. The van der Waals surface area contributed by atoms with E-state index in [9.17, 15) is 17.2 Å². The monoisotopic (exact) mass is 356 g/mol. The molecule has 0 spiro atoms. The highest BCUT2D eigenvalue weighted by atomic mass is 32.2. The number of aryl methyl sites for hydroxylation is 1. The molecule has 0 unspecified atom stereocenters. The molecule has 24 heavy (non-hydrogen) atoms. The van der Waals surface area contributed by atoms with Gasteiger partial charge in [0.25, 0.3) is 0 Å². The predicted octanol–water partition coefficient (Wildman–Crippen LogP) is 1.77. The molecular weight excluding hydrogens is 338 g/mol. The van der Waals surface area contributed by atoms with Crippen molar-refractivity contribution in [3.05, 3.63) is 47.3 Å². The number of hydrogen-bond donors (Lipinski definition) is 1. The normalized spacial score (nSPS) is 22.1. The number of halogens is 2. The number of nitrogens with zero attached hydrogens (tertiary/aromatic N) is 3. The van der Waals surface area contributed by atoms with Crippen molar-refractivity contribution in [2.45, 2.75) is 18.6 Å². The summed E-state index contributed by atoms with van der Waals surface area (Å²) >= 11 is 0. The molecule has 0 bridgehead atoms. The summed E-state index contributed by atoms with van der Waals surface area (Å²) in [6.07, 6.45) is 0. The number of nitrogens with one attached hydrogen (secondary N) is 1. The van der Waals surface area contributed by atoms with Crippen LogP contribution in [0.3, 0.4) is 0 Å². The van der Waals surface area contributed by atoms with Crippen LogP contribution in [0.15, 0.2) is 24.3 Å². The first-order valence-corrected chi connectivity index (χ1v) is 9.17. The lowest BCUT2D eigenvalue weighted by Gasteiger charge is -2.16. The van der Waals surface area contributed by atoms with Crippen LogP contribution in [0.25, 0.3) is 0 Å². The van der Waals surface area contributed by atoms with Gasteiger partial charge in [-0.15, -0.1) is 0 Å². The van der Waals surface area contributed by atoms with Crippen LogP contribution < -0.4 is 0 Å². The predicted molar refractivity (Wildman–Crippen MR) is 83.9 cm³/mol. The van der Waals surface area contributed by atoms with E-state index in [0.29, 0.717) is 17.2 Å². The zero-order chi connectivity index (χ0) is 17.3. The first kappa shape index (κ1) is 17.0. The van der Waals surface area contributed by atoms with E-state index in [1.807, 2.05) is 0 Å². The average Bonchev–Trinajstić information content (AvgIpc) is 3.12. The molecule has 2 atom stereocenters. The van der Waals surface area contributed by atoms with E-state index in [1.165, 1.54) is 22.5 Å². The highest BCUT2D eigenvalue weighted by Gasteiger charge is 2.41. The van der Waals surface area contributed by atoms with Crippen molar-refractivity contribution in [1.82, 2.24) is 19.5 Å². The Kier molecular flexibility index (Phi) is 4.64. The minimum Gasteiger partial charge on any atom is -0.263 e. The van der Waals surface area contributed by atoms with Crippen LogP contribution in [-0.4, -0.2) is 47.7 Å². The molecule has 130 valence electrons. The number of hydrogen-bond acceptors (Lipinski definition) is 4. The average molecular weight is 356 g/mol. The highest BCUT2D eigenvalue weighted by Crippen LogP contribution is 2.33. The van der Waals surface area contributed by atoms with E-state index in [4.69, 9.17) is 0 Å². The fraction of sp³-hybridized carbons (Fsp3) is 0.467. The van der Waals surface area contributed by atoms with Crippen molar-refractivity contribution in [1.29, 1.82) is 0 Å². The molecule has 2 aromatic rings. The Morgan fingerprint density at radius 2 is 2.17 bits per heavy atom. The molecule has 1 aliphatic rings. The molecule has 3 rings (SSSR count). The molecule has 1 N–H and O–H groups in total. The van der Waals surface area contributed by atoms with Gasteiger partial charge in [-0.05, 0) is 24.6 Å². The van der Waals surface area contributed by atoms with Gasteiger partial charge in [-0.3, -0.25) is 9.49 Å². The fourth-order valence-electron chi connectivity index (χ4n) is 2.96. The van der Waals surface area contributed by atoms with Gasteiger partial charge in [0.1, 0.15) is 11.6 Å². The molecule has 1 aliphatic heterocycles. The van der Waals surface area contributed by atoms with Crippen molar-refractivity contribution in [2.24, 2.45) is 5.92 Å². The summed E-state index contributed by atoms with van der Waals surface area (Å²) in [6, 6.07) is 5.47. The van der Waals surface area contributed by atoms with Gasteiger partial charge in [0.2, 0.25) is 10.0 Å². The summed E-state index contributed by atoms with van der Waals surface area (Å²) < 4.78 is 53.0. The Morgan fingerprint density at radius 3 is 2.79 bits per heavy atom. The smallest absolute Gasteiger partial charge is 0.218 e. The van der Waals surface area contributed by atoms with Crippen molar-refractivity contribution >= 4 is 10.0 Å². The second-order valence-electron chi connectivity index (χ2n) is 6.00. The summed E-state index contributed by atoms with van der Waals surface area (Å²) in [5, 5.41) is 6.73. The number of H-pyrrole nitrogens is 1. The van der Waals surface area contributed by atoms with Crippen LogP contribution in [0.5, 0.6) is 0 Å². The number of rotatable bonds is 5. The van der Waals surface area contributed by atoms with Gasteiger partial charge in [-0.1, -0.05) is 12.1 Å². The van der Waals surface area contributed by atoms with Gasteiger partial charge in [-0.25, -0.2) is 22.1 Å². The first-order chi connectivity index (χ1) is 11.4. The number of alkyl halides is 1. The third-order valence-corrected chi connectivity index (χ3v) is 5.97. The number of sulfonamides is 1. The van der Waals surface area contributed by atoms with Crippen LogP contribution >= 0.6 is 0 Å². The van der Waals surface area contributed by atoms with Gasteiger partial charge in [0.15, 0.2) is 5.82 Å². The lowest BCUT2D eigenvalue weighted by molar-refractivity contribution is 0.346. The first-order valence-electron chi connectivity index (χ1n) is 7.56. The van der Waals surface area contributed by atoms with Crippen LogP contribution in [-0.2, 0) is 15.8 Å². The van der Waals surface area contributed by atoms with Crippen LogP contribution in [0.1, 0.15) is 23.1 Å². The standard InChI is InChI=1S/C15H18F2N4O2S/c1-10-18-15(20-19-10)14-8-21(7-12(14)6-16)24(22,23)9-11-3-2-4-13(17)5-11/h2-5,12,14H,6-9H2,1H3,(H,18,19,20)/t12-,14-/m1/s1. The summed E-state index contributed by atoms with van der Waals surface area (Å²) in [6.45, 7) is 1.29. The number of aromatic nitrogens is 3. The Labute approximate surface area is 139 Å². The lowest BCUT2D eigenvalue weighted by atomic mass is 9.97. The quantitative estimate of drug-likeness (QED) is 0.885. The van der Waals surface area contributed by atoms with E-state index in [2.05, 4.69) is 15.2 Å². The Morgan fingerprint density at radius 1 is 1.38 bits per heavy atom. The number of benzene rings is 1. The molecule has 0 amide bonds. The Bertz CT molecular complexity index is 824. The van der Waals surface area contributed by atoms with Crippen LogP contribution in [0.4, 0.5) is 8.78 Å². The van der Waals surface area contributed by atoms with E-state index < -0.39 is 28.4 Å². The maximum absolute atomic E-state index is 13.3. The topological polar surface area (TPSA) is 79.0 Å². The molecule has 1 saturated heterocycles. The maximum Gasteiger partial charge on any atom is 0.218 e. The van der Waals surface area contributed by atoms with Crippen molar-refractivity contribution < 1.29 is 17.2 Å². The fourth-order valence-corrected chi connectivity index (χ4v) is 4.55. The van der Waals surface area contributed by atoms with E-state index in [0.717, 1.165) is 0 Å². The lowest BCUT2D eigenvalue weighted by Crippen LogP contribution is -2.30. The summed E-state index contributed by atoms with van der Waals surface area (Å²) in [4.78, 5) is 4.20. The van der Waals surface area contributed by atoms with Gasteiger partial charge < -0.3 is 0 Å². The molecule has 0 aliphatic carbocycles. The summed E-state index contributed by atoms with van der Waals surface area (Å²) in [5.41, 5.74) is 0.365. The molecular formula is C15H18F2N4O2S. The van der Waals surface area contributed by atoms with Crippen LogP contribution in [0, 0.1) is 18.7 Å². The van der Waals surface area contributed by atoms with Gasteiger partial charge >= 0.3 is 0 Å². The Hall–Kier alpha value is -1.87. The third kappa shape index (κ3) is 3.46. The van der Waals surface area contributed by atoms with Crippen molar-refractivity contribution in [2.75, 3.05) is 19.8 Å². The third-order valence-electron chi connectivity index (χ3n) is 4.18. The van der Waals surface area contributed by atoms with E-state index >= 15 is 0 Å². The molecule has 2 heterocycles. The van der Waals surface area contributed by atoms with Crippen molar-refractivity contribution in [3.8, 4) is 0 Å². The zero-order valence-electron chi connectivity index (χ0n) is 13.1. The molecule has 1 aromatic carbocycles. The van der Waals surface area contributed by atoms with Gasteiger partial charge in [-0.2, -0.15) is 5.10 Å². The molecule has 6 nitrogen and oxygen atoms in total. The minimum atomic E-state index is -3.67. The van der Waals surface area contributed by atoms with Crippen LogP contribution in [0.2, 0.25) is 0 Å². The zero-order valence-corrected chi connectivity index (χ0v) is 13.9. The molecule has 1 aromatic heterocycles. The maximum atomic E-state index is 13.3. The molecule has 9 heteroatoms. The number of aromatic amines is 1. The summed E-state index contributed by atoms with van der Waals surface area (Å²) in [7, 11) is -3.67. The second kappa shape index (κ2) is 6.56. The molecule has 0 radical (unpaired) electrons. The van der Waals surface area contributed by atoms with E-state index in [1.54, 1.807) is 13.0 Å². The largest absolute Gasteiger partial charge is 0.263 e. The van der Waals surface area contributed by atoms with E-state index in [-0.39, 0.29) is 24.8 Å². The van der Waals surface area contributed by atoms with Gasteiger partial charge in [0.05, 0.1) is 12.4 Å². The Balaban J connectivity index is 1.79. The van der Waals surface area contributed by atoms with Gasteiger partial charge in [0, 0.05) is 24.9 Å². The second-order valence-corrected chi connectivity index (χ2v) is 7.97. The minimum absolute atomic E-state index is 0.0758. The van der Waals surface area contributed by atoms with Crippen molar-refractivity contribution in [3.63, 3.8) is 0 Å². The SMILES string of the molecule is Cc1nc([C@@H]2CN(S(=O)(=O)Cc3cccc(F)c3)C[C@H]2CF)n[nH]1. The molecule has 0 saturated carbocycles. The molecule has 1 fully saturated rings. The highest BCUT2D eigenvalue weighted by molar-refractivity contribution is 7.88.